The van der Waals surface area contributed by atoms with Crippen LogP contribution < -0.4 is 10.9 Å². The molecule has 1 aromatic carbocycles. The average molecular weight is 473 g/mol. The van der Waals surface area contributed by atoms with Crippen LogP contribution in [-0.2, 0) is 17.9 Å². The van der Waals surface area contributed by atoms with Gasteiger partial charge in [0.1, 0.15) is 5.52 Å². The Balaban J connectivity index is 1.05. The first-order valence-electron chi connectivity index (χ1n) is 12.4. The highest BCUT2D eigenvalue weighted by Crippen LogP contribution is 2.13. The van der Waals surface area contributed by atoms with Crippen molar-refractivity contribution >= 4 is 22.6 Å². The number of aryl methyl sites for hydroxylation is 1. The lowest BCUT2D eigenvalue weighted by atomic mass is 10.2. The number of amides is 1. The predicted molar refractivity (Wildman–Crippen MR) is 137 cm³/mol. The Morgan fingerprint density at radius 2 is 1.66 bits per heavy atom. The molecule has 35 heavy (non-hydrogen) atoms. The molecule has 0 spiro atoms. The van der Waals surface area contributed by atoms with Gasteiger partial charge in [-0.1, -0.05) is 30.3 Å². The molecule has 4 aromatic rings. The van der Waals surface area contributed by atoms with E-state index in [-0.39, 0.29) is 17.9 Å². The molecule has 3 aromatic heterocycles. The minimum atomic E-state index is -0.125. The van der Waals surface area contributed by atoms with Crippen LogP contribution in [-0.4, -0.2) is 68.9 Å². The average Bonchev–Trinajstić information content (AvgIpc) is 3.39. The van der Waals surface area contributed by atoms with Crippen molar-refractivity contribution in [1.82, 2.24) is 29.1 Å². The Labute approximate surface area is 204 Å². The smallest absolute Gasteiger partial charge is 0.276 e. The molecule has 182 valence electrons. The second-order valence-electron chi connectivity index (χ2n) is 9.12. The number of fused-ring (bicyclic) bond motifs is 3. The number of hydrogen-bond donors (Lipinski definition) is 1. The normalized spacial score (nSPS) is 15.1. The molecule has 1 aliphatic rings. The molecule has 1 saturated heterocycles. The van der Waals surface area contributed by atoms with Crippen molar-refractivity contribution in [2.45, 2.75) is 25.9 Å². The molecule has 4 heterocycles. The fourth-order valence-corrected chi connectivity index (χ4v) is 4.84. The van der Waals surface area contributed by atoms with Gasteiger partial charge < -0.3 is 14.6 Å². The van der Waals surface area contributed by atoms with Gasteiger partial charge in [0.2, 0.25) is 5.91 Å². The number of rotatable bonds is 9. The highest BCUT2D eigenvalue weighted by molar-refractivity contribution is 5.77. The third-order valence-corrected chi connectivity index (χ3v) is 6.74. The topological polar surface area (TPSA) is 74.9 Å². The van der Waals surface area contributed by atoms with Crippen molar-refractivity contribution in [1.29, 1.82) is 0 Å². The van der Waals surface area contributed by atoms with Gasteiger partial charge in [-0.15, -0.1) is 0 Å². The Morgan fingerprint density at radius 1 is 0.886 bits per heavy atom. The number of carbonyl (C=O) groups is 1. The molecule has 0 unspecified atom stereocenters. The van der Waals surface area contributed by atoms with E-state index >= 15 is 0 Å². The molecule has 0 bridgehead atoms. The number of carbonyl (C=O) groups excluding carboxylic acids is 1. The second-order valence-corrected chi connectivity index (χ2v) is 9.12. The monoisotopic (exact) mass is 472 g/mol. The Morgan fingerprint density at radius 3 is 2.49 bits per heavy atom. The van der Waals surface area contributed by atoms with Crippen molar-refractivity contribution in [2.24, 2.45) is 0 Å². The molecule has 8 heteroatoms. The summed E-state index contributed by atoms with van der Waals surface area (Å²) in [6.07, 6.45) is 4.71. The maximum absolute atomic E-state index is 12.9. The molecule has 0 aliphatic carbocycles. The van der Waals surface area contributed by atoms with E-state index in [4.69, 9.17) is 0 Å². The first kappa shape index (κ1) is 23.3. The van der Waals surface area contributed by atoms with E-state index in [0.29, 0.717) is 24.3 Å². The Kier molecular flexibility index (Phi) is 7.20. The predicted octanol–water partition coefficient (Wildman–Crippen LogP) is 2.36. The number of piperazine rings is 1. The van der Waals surface area contributed by atoms with Crippen molar-refractivity contribution in [3.63, 3.8) is 0 Å². The lowest BCUT2D eigenvalue weighted by Crippen LogP contribution is -2.46. The molecular formula is C27H32N6O2. The van der Waals surface area contributed by atoms with Crippen molar-refractivity contribution in [3.05, 3.63) is 82.9 Å². The quantitative estimate of drug-likeness (QED) is 0.379. The molecule has 0 radical (unpaired) electrons. The van der Waals surface area contributed by atoms with Crippen LogP contribution in [0.3, 0.4) is 0 Å². The first-order chi connectivity index (χ1) is 17.2. The molecule has 0 saturated carbocycles. The highest BCUT2D eigenvalue weighted by atomic mass is 16.2. The standard InChI is InChI=1S/C27H32N6O2/c34-25(11-16-33-26-23(9-4-12-29-26)32-15-5-10-24(32)27(33)35)28-13-6-14-30-17-19-31(20-18-30)21-22-7-2-1-3-8-22/h1-5,7-10,12,15H,6,11,13-14,16-21H2,(H,28,34). The molecular weight excluding hydrogens is 440 g/mol. The van der Waals surface area contributed by atoms with E-state index in [1.54, 1.807) is 16.8 Å². The molecule has 0 atom stereocenters. The maximum Gasteiger partial charge on any atom is 0.276 e. The van der Waals surface area contributed by atoms with Gasteiger partial charge in [0.25, 0.3) is 5.56 Å². The van der Waals surface area contributed by atoms with E-state index in [2.05, 4.69) is 50.4 Å². The van der Waals surface area contributed by atoms with Crippen molar-refractivity contribution in [2.75, 3.05) is 39.3 Å². The Bertz CT molecular complexity index is 1340. The lowest BCUT2D eigenvalue weighted by molar-refractivity contribution is -0.121. The van der Waals surface area contributed by atoms with E-state index in [1.807, 2.05) is 28.8 Å². The SMILES string of the molecule is O=C(CCn1c(=O)c2cccn2c2cccnc21)NCCCN1CCN(Cc2ccccc2)CC1. The summed E-state index contributed by atoms with van der Waals surface area (Å²) in [6, 6.07) is 18.1. The van der Waals surface area contributed by atoms with E-state index in [0.717, 1.165) is 51.2 Å². The molecule has 1 fully saturated rings. The number of nitrogens with one attached hydrogen (secondary N) is 1. The molecule has 1 N–H and O–H groups in total. The number of nitrogens with zero attached hydrogens (tertiary/aromatic N) is 5. The zero-order valence-electron chi connectivity index (χ0n) is 20.0. The van der Waals surface area contributed by atoms with Crippen molar-refractivity contribution in [3.8, 4) is 0 Å². The van der Waals surface area contributed by atoms with Gasteiger partial charge in [-0.05, 0) is 42.8 Å². The third-order valence-electron chi connectivity index (χ3n) is 6.74. The van der Waals surface area contributed by atoms with Crippen LogP contribution >= 0.6 is 0 Å². The van der Waals surface area contributed by atoms with Gasteiger partial charge in [-0.2, -0.15) is 0 Å². The molecule has 5 rings (SSSR count). The number of aromatic nitrogens is 3. The summed E-state index contributed by atoms with van der Waals surface area (Å²) in [7, 11) is 0. The van der Waals surface area contributed by atoms with Gasteiger partial charge in [0, 0.05) is 64.6 Å². The van der Waals surface area contributed by atoms with E-state index in [1.165, 1.54) is 5.56 Å². The fraction of sp³-hybridized carbons (Fsp3) is 0.370. The minimum Gasteiger partial charge on any atom is -0.356 e. The zero-order valence-corrected chi connectivity index (χ0v) is 20.0. The first-order valence-corrected chi connectivity index (χ1v) is 12.4. The summed E-state index contributed by atoms with van der Waals surface area (Å²) in [5.41, 5.74) is 3.29. The zero-order chi connectivity index (χ0) is 24.0. The van der Waals surface area contributed by atoms with Crippen LogP contribution in [0.2, 0.25) is 0 Å². The summed E-state index contributed by atoms with van der Waals surface area (Å²) in [4.78, 5) is 34.8. The van der Waals surface area contributed by atoms with Gasteiger partial charge in [0.15, 0.2) is 5.65 Å². The van der Waals surface area contributed by atoms with Gasteiger partial charge in [-0.3, -0.25) is 19.1 Å². The second kappa shape index (κ2) is 10.8. The van der Waals surface area contributed by atoms with Crippen LogP contribution in [0.4, 0.5) is 0 Å². The van der Waals surface area contributed by atoms with Gasteiger partial charge in [0.05, 0.1) is 5.52 Å². The van der Waals surface area contributed by atoms with E-state index < -0.39 is 0 Å². The molecule has 8 nitrogen and oxygen atoms in total. The summed E-state index contributed by atoms with van der Waals surface area (Å²) >= 11 is 0. The number of hydrogen-bond acceptors (Lipinski definition) is 5. The van der Waals surface area contributed by atoms with Gasteiger partial charge >= 0.3 is 0 Å². The van der Waals surface area contributed by atoms with Crippen molar-refractivity contribution < 1.29 is 4.79 Å². The third kappa shape index (κ3) is 5.44. The van der Waals surface area contributed by atoms with Crippen LogP contribution in [0.5, 0.6) is 0 Å². The summed E-state index contributed by atoms with van der Waals surface area (Å²) in [5.74, 6) is -0.0380. The van der Waals surface area contributed by atoms with Crippen LogP contribution in [0.15, 0.2) is 71.8 Å². The highest BCUT2D eigenvalue weighted by Gasteiger charge is 2.17. The van der Waals surface area contributed by atoms with Crippen LogP contribution in [0, 0.1) is 0 Å². The molecule has 1 amide bonds. The minimum absolute atomic E-state index is 0.0380. The summed E-state index contributed by atoms with van der Waals surface area (Å²) in [5, 5.41) is 3.02. The summed E-state index contributed by atoms with van der Waals surface area (Å²) in [6.45, 7) is 7.22. The largest absolute Gasteiger partial charge is 0.356 e. The van der Waals surface area contributed by atoms with Crippen LogP contribution in [0.25, 0.3) is 16.7 Å². The summed E-state index contributed by atoms with van der Waals surface area (Å²) < 4.78 is 3.46. The molecule has 1 aliphatic heterocycles. The van der Waals surface area contributed by atoms with Crippen LogP contribution in [0.1, 0.15) is 18.4 Å². The number of pyridine rings is 1. The van der Waals surface area contributed by atoms with Gasteiger partial charge in [-0.25, -0.2) is 4.98 Å². The van der Waals surface area contributed by atoms with E-state index in [9.17, 15) is 9.59 Å². The maximum atomic E-state index is 12.9. The fourth-order valence-electron chi connectivity index (χ4n) is 4.84. The Hall–Kier alpha value is -3.49. The lowest BCUT2D eigenvalue weighted by Gasteiger charge is -2.34. The number of benzene rings is 1.